The maximum Gasteiger partial charge on any atom is 0.215 e. The van der Waals surface area contributed by atoms with Gasteiger partial charge in [0.25, 0.3) is 0 Å². The molecule has 0 spiro atoms. The molecule has 0 radical (unpaired) electrons. The van der Waals surface area contributed by atoms with Crippen molar-refractivity contribution < 1.29 is 13.2 Å². The van der Waals surface area contributed by atoms with Crippen LogP contribution in [0, 0.1) is 22.7 Å². The second-order valence-electron chi connectivity index (χ2n) is 8.49. The van der Waals surface area contributed by atoms with Gasteiger partial charge < -0.3 is 0 Å². The number of ketones is 1. The van der Waals surface area contributed by atoms with E-state index in [1.807, 2.05) is 0 Å². The van der Waals surface area contributed by atoms with Gasteiger partial charge in [0.2, 0.25) is 10.0 Å². The lowest BCUT2D eigenvalue weighted by molar-refractivity contribution is -0.128. The van der Waals surface area contributed by atoms with Gasteiger partial charge in [0.15, 0.2) is 0 Å². The zero-order chi connectivity index (χ0) is 16.3. The Kier molecular flexibility index (Phi) is 3.76. The Labute approximate surface area is 134 Å². The molecular formula is C17H29NO3S. The first-order chi connectivity index (χ1) is 10.1. The Bertz CT molecular complexity index is 581. The topological polar surface area (TPSA) is 54.5 Å². The molecule has 3 aliphatic rings. The minimum Gasteiger partial charge on any atom is -0.299 e. The summed E-state index contributed by atoms with van der Waals surface area (Å²) in [5.41, 5.74) is -0.815. The monoisotopic (exact) mass is 327 g/mol. The molecule has 0 aromatic heterocycles. The standard InChI is InChI=1S/C17H29NO3S/c1-12(2)14-6-5-9-18(14)22(20,21)11-17-8-7-13(10-15(17)19)16(17,3)4/h12-14H,5-11H2,1-4H3/t13-,14+,17-/m0/s1. The second kappa shape index (κ2) is 5.04. The second-order valence-corrected chi connectivity index (χ2v) is 10.4. The molecule has 0 aromatic rings. The van der Waals surface area contributed by atoms with Crippen molar-refractivity contribution in [2.75, 3.05) is 12.3 Å². The van der Waals surface area contributed by atoms with Crippen molar-refractivity contribution in [3.05, 3.63) is 0 Å². The highest BCUT2D eigenvalue weighted by Gasteiger charge is 2.65. The zero-order valence-corrected chi connectivity index (χ0v) is 15.1. The maximum absolute atomic E-state index is 13.1. The summed E-state index contributed by atoms with van der Waals surface area (Å²) in [5, 5.41) is 0. The van der Waals surface area contributed by atoms with Crippen molar-refractivity contribution in [3.8, 4) is 0 Å². The van der Waals surface area contributed by atoms with Crippen molar-refractivity contribution in [1.29, 1.82) is 0 Å². The first-order valence-corrected chi connectivity index (χ1v) is 10.3. The lowest BCUT2D eigenvalue weighted by Gasteiger charge is -2.38. The minimum absolute atomic E-state index is 0.0333. The van der Waals surface area contributed by atoms with E-state index >= 15 is 0 Å². The third-order valence-corrected chi connectivity index (χ3v) is 8.97. The van der Waals surface area contributed by atoms with E-state index in [1.54, 1.807) is 4.31 Å². The molecule has 2 aliphatic carbocycles. The minimum atomic E-state index is -3.37. The quantitative estimate of drug-likeness (QED) is 0.798. The summed E-state index contributed by atoms with van der Waals surface area (Å²) in [5.74, 6) is 0.927. The summed E-state index contributed by atoms with van der Waals surface area (Å²) in [7, 11) is -3.37. The summed E-state index contributed by atoms with van der Waals surface area (Å²) in [4.78, 5) is 12.6. The van der Waals surface area contributed by atoms with Gasteiger partial charge in [-0.15, -0.1) is 0 Å². The molecule has 4 nitrogen and oxygen atoms in total. The largest absolute Gasteiger partial charge is 0.299 e. The number of Topliss-reactive ketones (excluding diaryl/α,β-unsaturated/α-hetero) is 1. The molecule has 3 rings (SSSR count). The number of nitrogens with zero attached hydrogens (tertiary/aromatic N) is 1. The Morgan fingerprint density at radius 3 is 2.45 bits per heavy atom. The van der Waals surface area contributed by atoms with Crippen molar-refractivity contribution in [2.45, 2.75) is 65.8 Å². The molecule has 0 N–H and O–H groups in total. The van der Waals surface area contributed by atoms with Gasteiger partial charge in [-0.3, -0.25) is 4.79 Å². The summed E-state index contributed by atoms with van der Waals surface area (Å²) in [6.07, 6.45) is 4.22. The highest BCUT2D eigenvalue weighted by molar-refractivity contribution is 7.89. The van der Waals surface area contributed by atoms with Gasteiger partial charge in [0.1, 0.15) is 5.78 Å². The predicted molar refractivity (Wildman–Crippen MR) is 86.9 cm³/mol. The fraction of sp³-hybridized carbons (Fsp3) is 0.941. The van der Waals surface area contributed by atoms with E-state index in [4.69, 9.17) is 0 Å². The molecular weight excluding hydrogens is 298 g/mol. The molecule has 5 heteroatoms. The summed E-state index contributed by atoms with van der Waals surface area (Å²) in [6, 6.07) is 0.109. The number of hydrogen-bond donors (Lipinski definition) is 0. The van der Waals surface area contributed by atoms with Gasteiger partial charge in [0, 0.05) is 24.4 Å². The van der Waals surface area contributed by atoms with E-state index in [0.29, 0.717) is 24.8 Å². The van der Waals surface area contributed by atoms with Gasteiger partial charge in [-0.1, -0.05) is 27.7 Å². The number of fused-ring (bicyclic) bond motifs is 2. The van der Waals surface area contributed by atoms with E-state index in [2.05, 4.69) is 27.7 Å². The van der Waals surface area contributed by atoms with Crippen LogP contribution < -0.4 is 0 Å². The van der Waals surface area contributed by atoms with Crippen LogP contribution in [-0.4, -0.2) is 36.8 Å². The van der Waals surface area contributed by atoms with E-state index in [1.165, 1.54) is 0 Å². The smallest absolute Gasteiger partial charge is 0.215 e. The predicted octanol–water partition coefficient (Wildman–Crippen LogP) is 2.83. The van der Waals surface area contributed by atoms with Gasteiger partial charge in [-0.05, 0) is 42.9 Å². The van der Waals surface area contributed by atoms with Crippen LogP contribution in [0.1, 0.15) is 59.8 Å². The van der Waals surface area contributed by atoms with Crippen LogP contribution in [0.2, 0.25) is 0 Å². The molecule has 0 amide bonds. The van der Waals surface area contributed by atoms with Crippen LogP contribution in [-0.2, 0) is 14.8 Å². The average molecular weight is 327 g/mol. The molecule has 126 valence electrons. The SMILES string of the molecule is CC(C)[C@H]1CCCN1S(=O)(=O)C[C@@]12CC[C@@H](CC1=O)C2(C)C. The zero-order valence-electron chi connectivity index (χ0n) is 14.3. The van der Waals surface area contributed by atoms with Crippen molar-refractivity contribution in [1.82, 2.24) is 4.31 Å². The Hall–Kier alpha value is -0.420. The first-order valence-electron chi connectivity index (χ1n) is 8.65. The molecule has 2 bridgehead atoms. The first kappa shape index (κ1) is 16.4. The highest BCUT2D eigenvalue weighted by atomic mass is 32.2. The average Bonchev–Trinajstić information content (AvgIpc) is 3.02. The van der Waals surface area contributed by atoms with Gasteiger partial charge in [-0.25, -0.2) is 8.42 Å². The van der Waals surface area contributed by atoms with Crippen LogP contribution in [0.15, 0.2) is 0 Å². The molecule has 0 aromatic carbocycles. The number of rotatable bonds is 4. The van der Waals surface area contributed by atoms with E-state index < -0.39 is 15.4 Å². The Morgan fingerprint density at radius 2 is 1.95 bits per heavy atom. The van der Waals surface area contributed by atoms with Gasteiger partial charge in [0.05, 0.1) is 5.75 Å². The Morgan fingerprint density at radius 1 is 1.27 bits per heavy atom. The summed E-state index contributed by atoms with van der Waals surface area (Å²) in [6.45, 7) is 9.02. The third-order valence-electron chi connectivity index (χ3n) is 6.94. The van der Waals surface area contributed by atoms with Crippen LogP contribution in [0.3, 0.4) is 0 Å². The van der Waals surface area contributed by atoms with E-state index in [-0.39, 0.29) is 23.0 Å². The fourth-order valence-electron chi connectivity index (χ4n) is 5.28. The molecule has 1 heterocycles. The Balaban J connectivity index is 1.90. The number of sulfonamides is 1. The molecule has 1 saturated heterocycles. The molecule has 0 unspecified atom stereocenters. The van der Waals surface area contributed by atoms with Crippen molar-refractivity contribution >= 4 is 15.8 Å². The molecule has 1 aliphatic heterocycles. The van der Waals surface area contributed by atoms with E-state index in [0.717, 1.165) is 25.7 Å². The van der Waals surface area contributed by atoms with Crippen molar-refractivity contribution in [3.63, 3.8) is 0 Å². The van der Waals surface area contributed by atoms with Crippen LogP contribution in [0.25, 0.3) is 0 Å². The number of hydrogen-bond acceptors (Lipinski definition) is 3. The lowest BCUT2D eigenvalue weighted by Crippen LogP contribution is -2.48. The van der Waals surface area contributed by atoms with Crippen LogP contribution in [0.4, 0.5) is 0 Å². The maximum atomic E-state index is 13.1. The summed E-state index contributed by atoms with van der Waals surface area (Å²) >= 11 is 0. The van der Waals surface area contributed by atoms with Crippen molar-refractivity contribution in [2.24, 2.45) is 22.7 Å². The molecule has 2 saturated carbocycles. The van der Waals surface area contributed by atoms with Crippen LogP contribution in [0.5, 0.6) is 0 Å². The number of carbonyl (C=O) groups is 1. The molecule has 3 fully saturated rings. The summed E-state index contributed by atoms with van der Waals surface area (Å²) < 4.78 is 27.9. The van der Waals surface area contributed by atoms with E-state index in [9.17, 15) is 13.2 Å². The third kappa shape index (κ3) is 2.11. The number of carbonyl (C=O) groups excluding carboxylic acids is 1. The lowest BCUT2D eigenvalue weighted by atomic mass is 9.70. The normalized spacial score (nSPS) is 38.3. The van der Waals surface area contributed by atoms with Crippen LogP contribution >= 0.6 is 0 Å². The fourth-order valence-corrected chi connectivity index (χ4v) is 7.91. The highest BCUT2D eigenvalue weighted by Crippen LogP contribution is 2.64. The molecule has 3 atom stereocenters. The van der Waals surface area contributed by atoms with Gasteiger partial charge >= 0.3 is 0 Å². The molecule has 22 heavy (non-hydrogen) atoms. The van der Waals surface area contributed by atoms with Gasteiger partial charge in [-0.2, -0.15) is 4.31 Å².